The van der Waals surface area contributed by atoms with E-state index in [2.05, 4.69) is 56.7 Å². The van der Waals surface area contributed by atoms with Gasteiger partial charge >= 0.3 is 0 Å². The maximum atomic E-state index is 12.1. The van der Waals surface area contributed by atoms with Crippen LogP contribution < -0.4 is 0 Å². The van der Waals surface area contributed by atoms with Gasteiger partial charge in [-0.2, -0.15) is 5.10 Å². The Labute approximate surface area is 149 Å². The molecule has 0 spiro atoms. The SMILES string of the molecule is CC(C)n1nc(I)cc1[C@H]1[C@@H]2CC(=N[S@@+]([O-])C(C)(C)C)C[C@@H]21. The van der Waals surface area contributed by atoms with Gasteiger partial charge in [-0.1, -0.05) is 4.40 Å². The first kappa shape index (κ1) is 16.8. The average molecular weight is 433 g/mol. The number of halogens is 1. The molecule has 2 aliphatic carbocycles. The van der Waals surface area contributed by atoms with Crippen LogP contribution in [0.1, 0.15) is 65.1 Å². The van der Waals surface area contributed by atoms with Crippen LogP contribution in [-0.2, 0) is 11.4 Å². The Hall–Kier alpha value is -0.0800. The Balaban J connectivity index is 1.70. The molecule has 0 bridgehead atoms. The lowest BCUT2D eigenvalue weighted by molar-refractivity contribution is 0.501. The summed E-state index contributed by atoms with van der Waals surface area (Å²) < 4.78 is 19.6. The van der Waals surface area contributed by atoms with Crippen molar-refractivity contribution in [1.82, 2.24) is 9.78 Å². The van der Waals surface area contributed by atoms with Crippen molar-refractivity contribution >= 4 is 39.7 Å². The molecule has 0 amide bonds. The predicted octanol–water partition coefficient (Wildman–Crippen LogP) is 4.10. The van der Waals surface area contributed by atoms with Gasteiger partial charge in [-0.25, -0.2) is 0 Å². The van der Waals surface area contributed by atoms with Gasteiger partial charge in [0.05, 0.1) is 5.71 Å². The first-order valence-corrected chi connectivity index (χ1v) is 10.1. The molecule has 0 aromatic carbocycles. The van der Waals surface area contributed by atoms with E-state index in [1.807, 2.05) is 20.8 Å². The summed E-state index contributed by atoms with van der Waals surface area (Å²) in [6.45, 7) is 10.3. The third-order valence-electron chi connectivity index (χ3n) is 4.58. The first-order valence-electron chi connectivity index (χ1n) is 7.92. The molecule has 2 saturated carbocycles. The average Bonchev–Trinajstić information content (AvgIpc) is 2.74. The minimum atomic E-state index is -1.12. The zero-order chi connectivity index (χ0) is 16.2. The van der Waals surface area contributed by atoms with Crippen molar-refractivity contribution in [2.24, 2.45) is 16.2 Å². The number of rotatable bonds is 3. The summed E-state index contributed by atoms with van der Waals surface area (Å²) in [5.74, 6) is 1.99. The van der Waals surface area contributed by atoms with Gasteiger partial charge in [-0.05, 0) is 88.0 Å². The van der Waals surface area contributed by atoms with Gasteiger partial charge in [-0.3, -0.25) is 4.68 Å². The summed E-state index contributed by atoms with van der Waals surface area (Å²) in [5.41, 5.74) is 2.54. The highest BCUT2D eigenvalue weighted by Gasteiger charge is 2.57. The fourth-order valence-corrected chi connectivity index (χ4v) is 4.65. The van der Waals surface area contributed by atoms with Crippen molar-refractivity contribution in [2.75, 3.05) is 0 Å². The third kappa shape index (κ3) is 3.11. The monoisotopic (exact) mass is 433 g/mol. The molecule has 1 aromatic rings. The van der Waals surface area contributed by atoms with Crippen molar-refractivity contribution < 1.29 is 4.55 Å². The molecule has 3 rings (SSSR count). The quantitative estimate of drug-likeness (QED) is 0.533. The molecule has 4 atom stereocenters. The van der Waals surface area contributed by atoms with E-state index in [9.17, 15) is 4.55 Å². The number of hydrogen-bond acceptors (Lipinski definition) is 3. The number of nitrogens with zero attached hydrogens (tertiary/aromatic N) is 3. The van der Waals surface area contributed by atoms with Crippen LogP contribution in [-0.4, -0.2) is 24.8 Å². The summed E-state index contributed by atoms with van der Waals surface area (Å²) >= 11 is 1.18. The van der Waals surface area contributed by atoms with Gasteiger partial charge in [0.1, 0.15) is 19.8 Å². The van der Waals surface area contributed by atoms with Crippen molar-refractivity contribution in [1.29, 1.82) is 0 Å². The van der Waals surface area contributed by atoms with Crippen LogP contribution in [0.2, 0.25) is 0 Å². The third-order valence-corrected chi connectivity index (χ3v) is 6.57. The Morgan fingerprint density at radius 3 is 2.45 bits per heavy atom. The summed E-state index contributed by atoms with van der Waals surface area (Å²) in [4.78, 5) is 0. The van der Waals surface area contributed by atoms with Crippen LogP contribution >= 0.6 is 22.6 Å². The van der Waals surface area contributed by atoms with Crippen LogP contribution in [0.3, 0.4) is 0 Å². The van der Waals surface area contributed by atoms with Gasteiger partial charge in [0, 0.05) is 17.7 Å². The second-order valence-electron chi connectivity index (χ2n) is 7.71. The normalized spacial score (nSPS) is 30.9. The lowest BCUT2D eigenvalue weighted by Crippen LogP contribution is -2.26. The van der Waals surface area contributed by atoms with E-state index in [4.69, 9.17) is 0 Å². The molecule has 22 heavy (non-hydrogen) atoms. The Bertz CT molecular complexity index is 591. The highest BCUT2D eigenvalue weighted by Crippen LogP contribution is 2.62. The Morgan fingerprint density at radius 2 is 1.95 bits per heavy atom. The molecule has 0 radical (unpaired) electrons. The molecule has 6 heteroatoms. The lowest BCUT2D eigenvalue weighted by Gasteiger charge is -2.19. The van der Waals surface area contributed by atoms with Crippen LogP contribution in [0, 0.1) is 15.5 Å². The maximum absolute atomic E-state index is 12.1. The van der Waals surface area contributed by atoms with E-state index in [0.29, 0.717) is 23.8 Å². The summed E-state index contributed by atoms with van der Waals surface area (Å²) in [5, 5.41) is 4.62. The molecule has 122 valence electrons. The summed E-state index contributed by atoms with van der Waals surface area (Å²) in [7, 11) is 0. The minimum Gasteiger partial charge on any atom is -0.591 e. The van der Waals surface area contributed by atoms with Gasteiger partial charge in [0.2, 0.25) is 0 Å². The Morgan fingerprint density at radius 1 is 1.36 bits per heavy atom. The minimum absolute atomic E-state index is 0.258. The summed E-state index contributed by atoms with van der Waals surface area (Å²) in [6, 6.07) is 2.63. The van der Waals surface area contributed by atoms with Gasteiger partial charge in [0.15, 0.2) is 0 Å². The molecule has 0 unspecified atom stereocenters. The molecular weight excluding hydrogens is 409 g/mol. The molecule has 2 fully saturated rings. The molecular formula is C16H24IN3OS. The van der Waals surface area contributed by atoms with Crippen molar-refractivity contribution in [3.8, 4) is 0 Å². The van der Waals surface area contributed by atoms with E-state index in [0.717, 1.165) is 22.3 Å². The number of hydrogen-bond donors (Lipinski definition) is 0. The molecule has 4 nitrogen and oxygen atoms in total. The number of fused-ring (bicyclic) bond motifs is 1. The zero-order valence-corrected chi connectivity index (χ0v) is 16.8. The summed E-state index contributed by atoms with van der Waals surface area (Å²) in [6.07, 6.45) is 2.02. The van der Waals surface area contributed by atoms with Crippen molar-refractivity contribution in [3.05, 3.63) is 15.5 Å². The Kier molecular flexibility index (Phi) is 4.40. The topological polar surface area (TPSA) is 53.2 Å². The van der Waals surface area contributed by atoms with Gasteiger partial charge in [0.25, 0.3) is 0 Å². The zero-order valence-electron chi connectivity index (χ0n) is 13.8. The van der Waals surface area contributed by atoms with Gasteiger partial charge in [-0.15, -0.1) is 0 Å². The largest absolute Gasteiger partial charge is 0.591 e. The molecule has 2 aliphatic rings. The van der Waals surface area contributed by atoms with Crippen LogP contribution in [0.25, 0.3) is 0 Å². The molecule has 0 aliphatic heterocycles. The fraction of sp³-hybridized carbons (Fsp3) is 0.750. The first-order chi connectivity index (χ1) is 10.2. The highest BCUT2D eigenvalue weighted by atomic mass is 127. The van der Waals surface area contributed by atoms with Crippen molar-refractivity contribution in [3.63, 3.8) is 0 Å². The molecule has 0 N–H and O–H groups in total. The fourth-order valence-electron chi connectivity index (χ4n) is 3.44. The van der Waals surface area contributed by atoms with Crippen molar-refractivity contribution in [2.45, 2.75) is 64.2 Å². The van der Waals surface area contributed by atoms with Crippen LogP contribution in [0.5, 0.6) is 0 Å². The smallest absolute Gasteiger partial charge is 0.144 e. The molecule has 1 aromatic heterocycles. The van der Waals surface area contributed by atoms with E-state index >= 15 is 0 Å². The van der Waals surface area contributed by atoms with Gasteiger partial charge < -0.3 is 4.55 Å². The predicted molar refractivity (Wildman–Crippen MR) is 99.6 cm³/mol. The van der Waals surface area contributed by atoms with E-state index < -0.39 is 11.4 Å². The molecule has 0 saturated heterocycles. The lowest BCUT2D eigenvalue weighted by atomic mass is 10.1. The molecule has 1 heterocycles. The van der Waals surface area contributed by atoms with Crippen LogP contribution in [0.4, 0.5) is 0 Å². The standard InChI is InChI=1S/C16H24IN3OS/c1-9(2)20-13(8-14(17)18-20)15-11-6-10(7-12(11)15)19-22(21)16(3,4)5/h8-9,11-12,15H,6-7H2,1-5H3/t11-,12+,15+,22-/m0/s1. The van der Waals surface area contributed by atoms with E-state index in [1.54, 1.807) is 0 Å². The number of aromatic nitrogens is 2. The van der Waals surface area contributed by atoms with Crippen LogP contribution in [0.15, 0.2) is 10.5 Å². The maximum Gasteiger partial charge on any atom is 0.144 e. The highest BCUT2D eigenvalue weighted by molar-refractivity contribution is 14.1. The second kappa shape index (κ2) is 5.77. The van der Waals surface area contributed by atoms with E-state index in [-0.39, 0.29) is 4.75 Å². The van der Waals surface area contributed by atoms with E-state index in [1.165, 1.54) is 5.69 Å². The second-order valence-corrected chi connectivity index (χ2v) is 10.7.